The molecule has 1 aromatic heterocycles. The number of para-hydroxylation sites is 1. The molecule has 1 unspecified atom stereocenters. The number of benzene rings is 1. The Morgan fingerprint density at radius 3 is 2.75 bits per heavy atom. The molecule has 0 bridgehead atoms. The van der Waals surface area contributed by atoms with Crippen molar-refractivity contribution < 1.29 is 9.90 Å². The van der Waals surface area contributed by atoms with Gasteiger partial charge in [-0.05, 0) is 56.0 Å². The topological polar surface area (TPSA) is 88.2 Å². The van der Waals surface area contributed by atoms with E-state index in [0.29, 0.717) is 16.8 Å². The number of pyridine rings is 1. The lowest BCUT2D eigenvalue weighted by Crippen LogP contribution is -2.29. The Balaban J connectivity index is 0.00000208. The van der Waals surface area contributed by atoms with Crippen molar-refractivity contribution in [3.63, 3.8) is 0 Å². The third kappa shape index (κ3) is 3.52. The van der Waals surface area contributed by atoms with Gasteiger partial charge in [0.15, 0.2) is 5.78 Å². The van der Waals surface area contributed by atoms with Gasteiger partial charge in [-0.3, -0.25) is 4.79 Å². The van der Waals surface area contributed by atoms with Crippen LogP contribution in [0.1, 0.15) is 41.6 Å². The molecule has 0 saturated carbocycles. The number of hydrogen-bond donors (Lipinski definition) is 3. The van der Waals surface area contributed by atoms with Crippen LogP contribution in [0.4, 0.5) is 5.82 Å². The molecule has 1 fully saturated rings. The van der Waals surface area contributed by atoms with Gasteiger partial charge in [0, 0.05) is 12.1 Å². The van der Waals surface area contributed by atoms with E-state index in [2.05, 4.69) is 10.3 Å². The van der Waals surface area contributed by atoms with E-state index in [1.165, 1.54) is 6.92 Å². The SMILES string of the molecule is CC(=O)c1c(C2CCCNC2)cc(-c2ccccc2O)nc1N.Cl. The van der Waals surface area contributed by atoms with Gasteiger partial charge in [0.2, 0.25) is 0 Å². The number of carbonyl (C=O) groups is 1. The Morgan fingerprint density at radius 1 is 1.38 bits per heavy atom. The minimum atomic E-state index is -0.0700. The number of Topliss-reactive ketones (excluding diaryl/α,β-unsaturated/α-hetero) is 1. The van der Waals surface area contributed by atoms with Gasteiger partial charge in [0.1, 0.15) is 11.6 Å². The second kappa shape index (κ2) is 7.64. The molecule has 0 amide bonds. The van der Waals surface area contributed by atoms with Crippen LogP contribution in [0, 0.1) is 0 Å². The summed E-state index contributed by atoms with van der Waals surface area (Å²) in [6, 6.07) is 8.92. The number of nitrogens with two attached hydrogens (primary N) is 1. The Kier molecular flexibility index (Phi) is 5.80. The minimum Gasteiger partial charge on any atom is -0.507 e. The number of rotatable bonds is 3. The predicted molar refractivity (Wildman–Crippen MR) is 97.8 cm³/mol. The number of aromatic hydroxyl groups is 1. The van der Waals surface area contributed by atoms with Crippen molar-refractivity contribution in [2.75, 3.05) is 18.8 Å². The number of piperidine rings is 1. The lowest BCUT2D eigenvalue weighted by molar-refractivity contribution is 0.101. The molecular weight excluding hydrogens is 326 g/mol. The fraction of sp³-hybridized carbons (Fsp3) is 0.333. The summed E-state index contributed by atoms with van der Waals surface area (Å²) in [5, 5.41) is 13.4. The van der Waals surface area contributed by atoms with E-state index in [1.807, 2.05) is 12.1 Å². The van der Waals surface area contributed by atoms with Crippen LogP contribution in [0.15, 0.2) is 30.3 Å². The number of phenols is 1. The molecule has 4 N–H and O–H groups in total. The van der Waals surface area contributed by atoms with Gasteiger partial charge in [0.25, 0.3) is 0 Å². The first-order valence-corrected chi connectivity index (χ1v) is 7.88. The molecule has 2 heterocycles. The number of phenolic OH excluding ortho intramolecular Hbond substituents is 1. The highest BCUT2D eigenvalue weighted by atomic mass is 35.5. The minimum absolute atomic E-state index is 0. The van der Waals surface area contributed by atoms with E-state index in [0.717, 1.165) is 31.5 Å². The Hall–Kier alpha value is -2.11. The lowest BCUT2D eigenvalue weighted by atomic mass is 9.86. The van der Waals surface area contributed by atoms with Crippen molar-refractivity contribution in [2.24, 2.45) is 0 Å². The Bertz CT molecular complexity index is 743. The fourth-order valence-electron chi connectivity index (χ4n) is 3.24. The first-order chi connectivity index (χ1) is 11.1. The van der Waals surface area contributed by atoms with Crippen molar-refractivity contribution >= 4 is 24.0 Å². The summed E-state index contributed by atoms with van der Waals surface area (Å²) in [6.07, 6.45) is 2.08. The average Bonchev–Trinajstić information content (AvgIpc) is 2.55. The van der Waals surface area contributed by atoms with Crippen LogP contribution in [0.5, 0.6) is 5.75 Å². The summed E-state index contributed by atoms with van der Waals surface area (Å²) in [6.45, 7) is 3.34. The smallest absolute Gasteiger partial charge is 0.163 e. The largest absolute Gasteiger partial charge is 0.507 e. The number of nitrogens with zero attached hydrogens (tertiary/aromatic N) is 1. The summed E-state index contributed by atoms with van der Waals surface area (Å²) in [4.78, 5) is 16.4. The van der Waals surface area contributed by atoms with Crippen LogP contribution < -0.4 is 11.1 Å². The highest BCUT2D eigenvalue weighted by molar-refractivity contribution is 6.00. The number of carbonyl (C=O) groups excluding carboxylic acids is 1. The Morgan fingerprint density at radius 2 is 2.12 bits per heavy atom. The molecule has 0 radical (unpaired) electrons. The number of nitrogen functional groups attached to an aromatic ring is 1. The van der Waals surface area contributed by atoms with Gasteiger partial charge in [-0.15, -0.1) is 12.4 Å². The molecule has 1 aliphatic heterocycles. The third-order valence-electron chi connectivity index (χ3n) is 4.35. The van der Waals surface area contributed by atoms with Gasteiger partial charge in [0.05, 0.1) is 11.3 Å². The Labute approximate surface area is 147 Å². The number of aromatic nitrogens is 1. The quantitative estimate of drug-likeness (QED) is 0.742. The van der Waals surface area contributed by atoms with E-state index in [-0.39, 0.29) is 35.7 Å². The maximum atomic E-state index is 12.1. The molecule has 5 nitrogen and oxygen atoms in total. The van der Waals surface area contributed by atoms with Crippen molar-refractivity contribution in [2.45, 2.75) is 25.7 Å². The monoisotopic (exact) mass is 347 g/mol. The van der Waals surface area contributed by atoms with E-state index in [4.69, 9.17) is 5.73 Å². The predicted octanol–water partition coefficient (Wildman–Crippen LogP) is 3.13. The van der Waals surface area contributed by atoms with Crippen molar-refractivity contribution in [3.8, 4) is 17.0 Å². The number of anilines is 1. The van der Waals surface area contributed by atoms with Crippen molar-refractivity contribution in [1.82, 2.24) is 10.3 Å². The van der Waals surface area contributed by atoms with E-state index in [1.54, 1.807) is 18.2 Å². The lowest BCUT2D eigenvalue weighted by Gasteiger charge is -2.25. The molecule has 24 heavy (non-hydrogen) atoms. The average molecular weight is 348 g/mol. The molecular formula is C18H22ClN3O2. The third-order valence-corrected chi connectivity index (χ3v) is 4.35. The molecule has 2 aromatic rings. The first-order valence-electron chi connectivity index (χ1n) is 7.88. The molecule has 1 saturated heterocycles. The number of hydrogen-bond acceptors (Lipinski definition) is 5. The van der Waals surface area contributed by atoms with Gasteiger partial charge in [-0.2, -0.15) is 0 Å². The van der Waals surface area contributed by atoms with Crippen molar-refractivity contribution in [1.29, 1.82) is 0 Å². The van der Waals surface area contributed by atoms with E-state index < -0.39 is 0 Å². The second-order valence-electron chi connectivity index (χ2n) is 5.97. The maximum absolute atomic E-state index is 12.1. The van der Waals surface area contributed by atoms with Crippen LogP contribution in [0.3, 0.4) is 0 Å². The number of nitrogens with one attached hydrogen (secondary N) is 1. The summed E-state index contributed by atoms with van der Waals surface area (Å²) in [7, 11) is 0. The molecule has 1 aliphatic rings. The standard InChI is InChI=1S/C18H21N3O2.ClH/c1-11(22)17-14(12-5-4-8-20-10-12)9-15(21-18(17)19)13-6-2-3-7-16(13)23;/h2-3,6-7,9,12,20,23H,4-5,8,10H2,1H3,(H2,19,21);1H. The van der Waals surface area contributed by atoms with Crippen LogP contribution in [-0.4, -0.2) is 29.0 Å². The molecule has 128 valence electrons. The van der Waals surface area contributed by atoms with Crippen molar-refractivity contribution in [3.05, 3.63) is 41.5 Å². The molecule has 6 heteroatoms. The number of halogens is 1. The normalized spacial score (nSPS) is 17.1. The number of ketones is 1. The maximum Gasteiger partial charge on any atom is 0.163 e. The van der Waals surface area contributed by atoms with Gasteiger partial charge < -0.3 is 16.2 Å². The zero-order chi connectivity index (χ0) is 16.4. The molecule has 1 atom stereocenters. The van der Waals surface area contributed by atoms with E-state index in [9.17, 15) is 9.90 Å². The van der Waals surface area contributed by atoms with Crippen LogP contribution in [0.2, 0.25) is 0 Å². The fourth-order valence-corrected chi connectivity index (χ4v) is 3.24. The van der Waals surface area contributed by atoms with Crippen LogP contribution >= 0.6 is 12.4 Å². The van der Waals surface area contributed by atoms with Gasteiger partial charge >= 0.3 is 0 Å². The molecule has 1 aromatic carbocycles. The zero-order valence-corrected chi connectivity index (χ0v) is 14.4. The summed E-state index contributed by atoms with van der Waals surface area (Å²) in [5.41, 5.74) is 8.75. The second-order valence-corrected chi connectivity index (χ2v) is 5.97. The van der Waals surface area contributed by atoms with Gasteiger partial charge in [-0.1, -0.05) is 12.1 Å². The van der Waals surface area contributed by atoms with Crippen LogP contribution in [-0.2, 0) is 0 Å². The molecule has 0 spiro atoms. The van der Waals surface area contributed by atoms with Gasteiger partial charge in [-0.25, -0.2) is 4.98 Å². The zero-order valence-electron chi connectivity index (χ0n) is 13.6. The summed E-state index contributed by atoms with van der Waals surface area (Å²) in [5.74, 6) is 0.554. The van der Waals surface area contributed by atoms with Crippen LogP contribution in [0.25, 0.3) is 11.3 Å². The molecule has 0 aliphatic carbocycles. The first kappa shape index (κ1) is 18.2. The summed E-state index contributed by atoms with van der Waals surface area (Å²) >= 11 is 0. The van der Waals surface area contributed by atoms with E-state index >= 15 is 0 Å². The molecule has 3 rings (SSSR count). The summed E-state index contributed by atoms with van der Waals surface area (Å²) < 4.78 is 0. The highest BCUT2D eigenvalue weighted by Crippen LogP contribution is 2.35. The highest BCUT2D eigenvalue weighted by Gasteiger charge is 2.24.